The Balaban J connectivity index is 1.67. The number of ketones is 1. The van der Waals surface area contributed by atoms with Crippen molar-refractivity contribution in [2.24, 2.45) is 0 Å². The Hall–Kier alpha value is -2.77. The van der Waals surface area contributed by atoms with Crippen LogP contribution in [0.3, 0.4) is 0 Å². The molecule has 0 unspecified atom stereocenters. The van der Waals surface area contributed by atoms with Crippen LogP contribution >= 0.6 is 11.3 Å². The number of hydrogen-bond donors (Lipinski definition) is 1. The van der Waals surface area contributed by atoms with E-state index in [0.29, 0.717) is 41.9 Å². The largest absolute Gasteiger partial charge is 0.460 e. The number of nitrogens with one attached hydrogen (secondary N) is 1. The highest BCUT2D eigenvalue weighted by molar-refractivity contribution is 7.10. The Morgan fingerprint density at radius 1 is 1.18 bits per heavy atom. The Bertz CT molecular complexity index is 1090. The lowest BCUT2D eigenvalue weighted by Crippen LogP contribution is -2.36. The third-order valence-electron chi connectivity index (χ3n) is 5.96. The van der Waals surface area contributed by atoms with Crippen LogP contribution in [0.15, 0.2) is 64.3 Å². The van der Waals surface area contributed by atoms with Crippen LogP contribution in [0.1, 0.15) is 55.9 Å². The van der Waals surface area contributed by atoms with E-state index in [4.69, 9.17) is 9.47 Å². The number of ether oxygens (including phenoxy) is 2. The van der Waals surface area contributed by atoms with Crippen molar-refractivity contribution in [2.45, 2.75) is 51.6 Å². The highest BCUT2D eigenvalue weighted by Gasteiger charge is 2.41. The molecule has 2 aliphatic rings. The van der Waals surface area contributed by atoms with Crippen LogP contribution in [-0.2, 0) is 19.1 Å². The molecule has 0 saturated carbocycles. The van der Waals surface area contributed by atoms with E-state index in [9.17, 15) is 14.0 Å². The highest BCUT2D eigenvalue weighted by Crippen LogP contribution is 2.46. The van der Waals surface area contributed by atoms with Crippen molar-refractivity contribution in [3.8, 4) is 0 Å². The van der Waals surface area contributed by atoms with Gasteiger partial charge in [-0.3, -0.25) is 4.79 Å². The second-order valence-electron chi connectivity index (χ2n) is 8.64. The van der Waals surface area contributed by atoms with E-state index in [1.54, 1.807) is 23.5 Å². The van der Waals surface area contributed by atoms with Crippen molar-refractivity contribution in [1.29, 1.82) is 0 Å². The van der Waals surface area contributed by atoms with E-state index in [1.165, 1.54) is 17.0 Å². The van der Waals surface area contributed by atoms with Crippen LogP contribution in [0, 0.1) is 5.82 Å². The molecule has 174 valence electrons. The summed E-state index contributed by atoms with van der Waals surface area (Å²) in [6.45, 7) is 6.05. The summed E-state index contributed by atoms with van der Waals surface area (Å²) in [4.78, 5) is 27.8. The van der Waals surface area contributed by atoms with Crippen molar-refractivity contribution in [3.63, 3.8) is 0 Å². The monoisotopic (exact) mass is 469 g/mol. The summed E-state index contributed by atoms with van der Waals surface area (Å²) in [5, 5.41) is 5.34. The Kier molecular flexibility index (Phi) is 7.10. The number of benzene rings is 1. The molecule has 1 aliphatic heterocycles. The van der Waals surface area contributed by atoms with Gasteiger partial charge in [0.15, 0.2) is 5.78 Å². The van der Waals surface area contributed by atoms with Crippen molar-refractivity contribution >= 4 is 23.1 Å². The fourth-order valence-electron chi connectivity index (χ4n) is 4.52. The van der Waals surface area contributed by atoms with Gasteiger partial charge in [-0.15, -0.1) is 11.3 Å². The molecule has 33 heavy (non-hydrogen) atoms. The molecular formula is C26H28FNO4S. The molecule has 2 heterocycles. The molecule has 1 aliphatic carbocycles. The molecule has 0 spiro atoms. The molecule has 0 amide bonds. The first-order valence-corrected chi connectivity index (χ1v) is 12.0. The molecule has 0 fully saturated rings. The Labute approximate surface area is 197 Å². The lowest BCUT2D eigenvalue weighted by molar-refractivity contribution is -0.141. The maximum atomic E-state index is 13.7. The number of thiophene rings is 1. The number of Topliss-reactive ketones (excluding diaryl/α,β-unsaturated/α-hetero) is 1. The summed E-state index contributed by atoms with van der Waals surface area (Å²) < 4.78 is 24.6. The summed E-state index contributed by atoms with van der Waals surface area (Å²) in [6.07, 6.45) is 1.10. The van der Waals surface area contributed by atoms with E-state index in [1.807, 2.05) is 32.2 Å². The SMILES string of the molecule is CC1=C(C(=O)OCCOC(C)C)[C@@H](c2ccc(F)cc2)C2=C(C[C@@H](c3cccs3)CC2=O)N1. The predicted molar refractivity (Wildman–Crippen MR) is 125 cm³/mol. The first kappa shape index (κ1) is 23.4. The molecule has 2 aromatic rings. The van der Waals surface area contributed by atoms with Crippen molar-refractivity contribution in [1.82, 2.24) is 5.32 Å². The van der Waals surface area contributed by atoms with Gasteiger partial charge >= 0.3 is 5.97 Å². The number of carbonyl (C=O) groups excluding carboxylic acids is 2. The zero-order chi connectivity index (χ0) is 23.5. The Morgan fingerprint density at radius 2 is 1.94 bits per heavy atom. The van der Waals surface area contributed by atoms with Gasteiger partial charge in [-0.25, -0.2) is 9.18 Å². The normalized spacial score (nSPS) is 20.7. The third-order valence-corrected chi connectivity index (χ3v) is 7.00. The first-order valence-electron chi connectivity index (χ1n) is 11.2. The summed E-state index contributed by atoms with van der Waals surface area (Å²) in [5.41, 5.74) is 3.13. The molecule has 1 aromatic carbocycles. The minimum absolute atomic E-state index is 0.00239. The number of rotatable bonds is 7. The second kappa shape index (κ2) is 10.0. The summed E-state index contributed by atoms with van der Waals surface area (Å²) in [7, 11) is 0. The van der Waals surface area contributed by atoms with Crippen LogP contribution in [-0.4, -0.2) is 31.1 Å². The van der Waals surface area contributed by atoms with E-state index in [0.717, 1.165) is 5.70 Å². The molecule has 0 radical (unpaired) electrons. The average Bonchev–Trinajstić information content (AvgIpc) is 3.31. The standard InChI is InChI=1S/C26H28FNO4S/c1-15(2)31-10-11-32-26(30)23-16(3)28-20-13-18(22-5-4-12-33-22)14-21(29)25(20)24(23)17-6-8-19(27)9-7-17/h4-9,12,15,18,24,28H,10-11,13-14H2,1-3H3/t18-,24-/m1/s1. The zero-order valence-electron chi connectivity index (χ0n) is 19.0. The summed E-state index contributed by atoms with van der Waals surface area (Å²) >= 11 is 1.65. The number of carbonyl (C=O) groups is 2. The average molecular weight is 470 g/mol. The van der Waals surface area contributed by atoms with E-state index >= 15 is 0 Å². The minimum atomic E-state index is -0.600. The maximum Gasteiger partial charge on any atom is 0.336 e. The van der Waals surface area contributed by atoms with Gasteiger partial charge in [0.2, 0.25) is 0 Å². The van der Waals surface area contributed by atoms with Gasteiger partial charge in [0.05, 0.1) is 18.3 Å². The predicted octanol–water partition coefficient (Wildman–Crippen LogP) is 5.22. The van der Waals surface area contributed by atoms with E-state index in [-0.39, 0.29) is 30.2 Å². The van der Waals surface area contributed by atoms with Crippen LogP contribution in [0.5, 0.6) is 0 Å². The minimum Gasteiger partial charge on any atom is -0.460 e. The van der Waals surface area contributed by atoms with Crippen LogP contribution in [0.25, 0.3) is 0 Å². The highest BCUT2D eigenvalue weighted by atomic mass is 32.1. The smallest absolute Gasteiger partial charge is 0.336 e. The van der Waals surface area contributed by atoms with Crippen molar-refractivity contribution in [3.05, 3.63) is 80.6 Å². The van der Waals surface area contributed by atoms with Gasteiger partial charge < -0.3 is 14.8 Å². The van der Waals surface area contributed by atoms with Crippen LogP contribution < -0.4 is 5.32 Å². The molecule has 1 N–H and O–H groups in total. The van der Waals surface area contributed by atoms with Crippen molar-refractivity contribution in [2.75, 3.05) is 13.2 Å². The molecule has 4 rings (SSSR count). The molecular weight excluding hydrogens is 441 g/mol. The lowest BCUT2D eigenvalue weighted by Gasteiger charge is -2.36. The van der Waals surface area contributed by atoms with Crippen molar-refractivity contribution < 1.29 is 23.5 Å². The molecule has 0 saturated heterocycles. The van der Waals surface area contributed by atoms with Gasteiger partial charge in [-0.1, -0.05) is 18.2 Å². The number of hydrogen-bond acceptors (Lipinski definition) is 6. The van der Waals surface area contributed by atoms with Gasteiger partial charge in [-0.2, -0.15) is 0 Å². The van der Waals surface area contributed by atoms with Crippen LogP contribution in [0.4, 0.5) is 4.39 Å². The van der Waals surface area contributed by atoms with Crippen LogP contribution in [0.2, 0.25) is 0 Å². The first-order chi connectivity index (χ1) is 15.8. The lowest BCUT2D eigenvalue weighted by atomic mass is 9.72. The van der Waals surface area contributed by atoms with E-state index < -0.39 is 11.9 Å². The third kappa shape index (κ3) is 5.09. The summed E-state index contributed by atoms with van der Waals surface area (Å²) in [6, 6.07) is 10.0. The number of halogens is 1. The summed E-state index contributed by atoms with van der Waals surface area (Å²) in [5.74, 6) is -1.37. The van der Waals surface area contributed by atoms with Gasteiger partial charge in [-0.05, 0) is 56.3 Å². The fraction of sp³-hybridized carbons (Fsp3) is 0.385. The van der Waals surface area contributed by atoms with E-state index in [2.05, 4.69) is 11.4 Å². The van der Waals surface area contributed by atoms with Gasteiger partial charge in [0.1, 0.15) is 12.4 Å². The van der Waals surface area contributed by atoms with Gasteiger partial charge in [0, 0.05) is 40.1 Å². The van der Waals surface area contributed by atoms with Gasteiger partial charge in [0.25, 0.3) is 0 Å². The second-order valence-corrected chi connectivity index (χ2v) is 9.62. The fourth-order valence-corrected chi connectivity index (χ4v) is 5.35. The molecule has 1 aromatic heterocycles. The topological polar surface area (TPSA) is 64.6 Å². The number of esters is 1. The maximum absolute atomic E-state index is 13.7. The number of dihydropyridines is 1. The molecule has 7 heteroatoms. The quantitative estimate of drug-likeness (QED) is 0.445. The molecule has 5 nitrogen and oxygen atoms in total. The molecule has 0 bridgehead atoms. The molecule has 2 atom stereocenters. The Morgan fingerprint density at radius 3 is 2.61 bits per heavy atom. The zero-order valence-corrected chi connectivity index (χ0v) is 19.8. The number of allylic oxidation sites excluding steroid dienone is 3.